The zero-order valence-corrected chi connectivity index (χ0v) is 15.1. The Morgan fingerprint density at radius 2 is 1.79 bits per heavy atom. The third kappa shape index (κ3) is 3.61. The number of rotatable bonds is 6. The standard InChI is InChI=1S/C14H29O3SSi/c1-12(18(15,16)14(5)9-10-14)8-11-17-19(6,7)13(2,3)4/h12H,5,8-11H2,1-4,6-7H3. The smallest absolute Gasteiger partial charge is 0.191 e. The van der Waals surface area contributed by atoms with Gasteiger partial charge in [-0.05, 0) is 51.2 Å². The maximum Gasteiger partial charge on any atom is 0.191 e. The van der Waals surface area contributed by atoms with Crippen LogP contribution in [0.25, 0.3) is 0 Å². The lowest BCUT2D eigenvalue weighted by atomic mass is 10.2. The van der Waals surface area contributed by atoms with Crippen LogP contribution in [0.4, 0.5) is 0 Å². The van der Waals surface area contributed by atoms with E-state index in [1.165, 1.54) is 0 Å². The fourth-order valence-corrected chi connectivity index (χ4v) is 4.69. The van der Waals surface area contributed by atoms with E-state index >= 15 is 0 Å². The van der Waals surface area contributed by atoms with Crippen LogP contribution in [-0.4, -0.2) is 33.3 Å². The second kappa shape index (κ2) is 5.15. The summed E-state index contributed by atoms with van der Waals surface area (Å²) in [5.41, 5.74) is 0. The molecule has 0 heterocycles. The molecule has 1 aliphatic rings. The zero-order chi connectivity index (χ0) is 15.1. The molecule has 0 aromatic heterocycles. The van der Waals surface area contributed by atoms with Crippen LogP contribution in [0.15, 0.2) is 0 Å². The van der Waals surface area contributed by atoms with E-state index in [9.17, 15) is 8.42 Å². The van der Waals surface area contributed by atoms with E-state index in [4.69, 9.17) is 4.43 Å². The van der Waals surface area contributed by atoms with E-state index in [0.717, 1.165) is 0 Å². The van der Waals surface area contributed by atoms with Crippen molar-refractivity contribution >= 4 is 18.2 Å². The van der Waals surface area contributed by atoms with Crippen LogP contribution < -0.4 is 0 Å². The SMILES string of the molecule is [CH2]C1(S(=O)(=O)C(C)CCO[Si](C)(C)C(C)(C)C)CC1. The van der Waals surface area contributed by atoms with Gasteiger partial charge < -0.3 is 4.43 Å². The third-order valence-electron chi connectivity index (χ3n) is 4.73. The van der Waals surface area contributed by atoms with Gasteiger partial charge in [-0.2, -0.15) is 0 Å². The second-order valence-electron chi connectivity index (χ2n) is 7.44. The van der Waals surface area contributed by atoms with Crippen molar-refractivity contribution in [3.8, 4) is 0 Å². The topological polar surface area (TPSA) is 43.4 Å². The minimum absolute atomic E-state index is 0.166. The first kappa shape index (κ1) is 17.2. The Morgan fingerprint density at radius 3 is 2.16 bits per heavy atom. The minimum atomic E-state index is -3.09. The molecule has 1 unspecified atom stereocenters. The Balaban J connectivity index is 2.51. The van der Waals surface area contributed by atoms with Crippen LogP contribution in [0.5, 0.6) is 0 Å². The average molecular weight is 306 g/mol. The summed E-state index contributed by atoms with van der Waals surface area (Å²) in [6, 6.07) is 0. The van der Waals surface area contributed by atoms with E-state index in [1.807, 2.05) is 0 Å². The molecule has 1 fully saturated rings. The molecule has 0 amide bonds. The van der Waals surface area contributed by atoms with Crippen LogP contribution in [0, 0.1) is 6.92 Å². The van der Waals surface area contributed by atoms with Crippen molar-refractivity contribution in [2.75, 3.05) is 6.61 Å². The first-order valence-corrected chi connectivity index (χ1v) is 11.5. The molecule has 0 N–H and O–H groups in total. The van der Waals surface area contributed by atoms with Crippen LogP contribution in [-0.2, 0) is 14.3 Å². The molecule has 113 valence electrons. The van der Waals surface area contributed by atoms with Crippen molar-refractivity contribution in [2.45, 2.75) is 75.1 Å². The van der Waals surface area contributed by atoms with Gasteiger partial charge in [-0.3, -0.25) is 0 Å². The maximum absolute atomic E-state index is 12.3. The molecule has 1 saturated carbocycles. The van der Waals surface area contributed by atoms with Crippen molar-refractivity contribution in [1.82, 2.24) is 0 Å². The zero-order valence-electron chi connectivity index (χ0n) is 13.2. The van der Waals surface area contributed by atoms with Gasteiger partial charge in [-0.15, -0.1) is 0 Å². The van der Waals surface area contributed by atoms with Gasteiger partial charge in [0.05, 0.1) is 10.00 Å². The van der Waals surface area contributed by atoms with Gasteiger partial charge in [-0.25, -0.2) is 8.42 Å². The highest BCUT2D eigenvalue weighted by Crippen LogP contribution is 2.45. The largest absolute Gasteiger partial charge is 0.417 e. The summed E-state index contributed by atoms with van der Waals surface area (Å²) in [6.45, 7) is 17.1. The monoisotopic (exact) mass is 305 g/mol. The summed E-state index contributed by atoms with van der Waals surface area (Å²) in [6.07, 6.45) is 2.00. The Bertz CT molecular complexity index is 416. The Kier molecular flexibility index (Phi) is 4.66. The molecular formula is C14H29O3SSi. The third-order valence-corrected chi connectivity index (χ3v) is 12.2. The molecule has 0 spiro atoms. The predicted octanol–water partition coefficient (Wildman–Crippen LogP) is 3.57. The Labute approximate surface area is 120 Å². The van der Waals surface area contributed by atoms with Crippen molar-refractivity contribution < 1.29 is 12.8 Å². The summed E-state index contributed by atoms with van der Waals surface area (Å²) in [7, 11) is -4.87. The van der Waals surface area contributed by atoms with Gasteiger partial charge in [0, 0.05) is 6.61 Å². The van der Waals surface area contributed by atoms with Crippen molar-refractivity contribution in [1.29, 1.82) is 0 Å². The summed E-state index contributed by atoms with van der Waals surface area (Å²) in [4.78, 5) is 0. The molecule has 0 aromatic rings. The number of sulfone groups is 1. The highest BCUT2D eigenvalue weighted by Gasteiger charge is 2.52. The molecule has 1 aliphatic carbocycles. The summed E-state index contributed by atoms with van der Waals surface area (Å²) in [5.74, 6) is 0. The quantitative estimate of drug-likeness (QED) is 0.705. The molecule has 5 heteroatoms. The summed E-state index contributed by atoms with van der Waals surface area (Å²) < 4.78 is 29.9. The molecule has 3 nitrogen and oxygen atoms in total. The van der Waals surface area contributed by atoms with Gasteiger partial charge in [0.2, 0.25) is 0 Å². The number of hydrogen-bond donors (Lipinski definition) is 0. The van der Waals surface area contributed by atoms with E-state index in [1.54, 1.807) is 6.92 Å². The van der Waals surface area contributed by atoms with Crippen LogP contribution in [0.1, 0.15) is 47.0 Å². The van der Waals surface area contributed by atoms with Crippen molar-refractivity contribution in [3.05, 3.63) is 6.92 Å². The highest BCUT2D eigenvalue weighted by molar-refractivity contribution is 7.93. The van der Waals surface area contributed by atoms with E-state index in [-0.39, 0.29) is 10.3 Å². The van der Waals surface area contributed by atoms with Crippen LogP contribution in [0.3, 0.4) is 0 Å². The normalized spacial score (nSPS) is 21.2. The fourth-order valence-electron chi connectivity index (χ4n) is 1.70. The fraction of sp³-hybridized carbons (Fsp3) is 0.929. The molecule has 0 aromatic carbocycles. The van der Waals surface area contributed by atoms with E-state index in [0.29, 0.717) is 25.9 Å². The van der Waals surface area contributed by atoms with Gasteiger partial charge in [-0.1, -0.05) is 20.8 Å². The van der Waals surface area contributed by atoms with Gasteiger partial charge in [0.25, 0.3) is 0 Å². The van der Waals surface area contributed by atoms with Gasteiger partial charge >= 0.3 is 0 Å². The predicted molar refractivity (Wildman–Crippen MR) is 83.5 cm³/mol. The van der Waals surface area contributed by atoms with Gasteiger partial charge in [0.1, 0.15) is 0 Å². The lowest BCUT2D eigenvalue weighted by molar-refractivity contribution is 0.281. The minimum Gasteiger partial charge on any atom is -0.417 e. The Morgan fingerprint density at radius 1 is 1.32 bits per heavy atom. The summed E-state index contributed by atoms with van der Waals surface area (Å²) >= 11 is 0. The maximum atomic E-state index is 12.3. The lowest BCUT2D eigenvalue weighted by Gasteiger charge is -2.36. The van der Waals surface area contributed by atoms with E-state index < -0.39 is 22.9 Å². The molecule has 19 heavy (non-hydrogen) atoms. The average Bonchev–Trinajstić information content (AvgIpc) is 2.95. The number of hydrogen-bond acceptors (Lipinski definition) is 3. The van der Waals surface area contributed by atoms with Crippen LogP contribution in [0.2, 0.25) is 18.1 Å². The molecule has 0 saturated heterocycles. The van der Waals surface area contributed by atoms with Crippen LogP contribution >= 0.6 is 0 Å². The van der Waals surface area contributed by atoms with E-state index in [2.05, 4.69) is 40.8 Å². The lowest BCUT2D eigenvalue weighted by Crippen LogP contribution is -2.41. The van der Waals surface area contributed by atoms with Crippen molar-refractivity contribution in [2.24, 2.45) is 0 Å². The molecule has 0 aliphatic heterocycles. The summed E-state index contributed by atoms with van der Waals surface area (Å²) in [5, 5.41) is -0.184. The molecule has 1 rings (SSSR count). The molecule has 1 radical (unpaired) electrons. The molecular weight excluding hydrogens is 276 g/mol. The highest BCUT2D eigenvalue weighted by atomic mass is 32.2. The Hall–Kier alpha value is 0.127. The molecule has 1 atom stereocenters. The molecule has 0 bridgehead atoms. The van der Waals surface area contributed by atoms with Gasteiger partial charge in [0.15, 0.2) is 18.2 Å². The first-order valence-electron chi connectivity index (χ1n) is 7.06. The van der Waals surface area contributed by atoms with Crippen molar-refractivity contribution in [3.63, 3.8) is 0 Å². The second-order valence-corrected chi connectivity index (χ2v) is 15.0. The first-order chi connectivity index (χ1) is 8.33.